The van der Waals surface area contributed by atoms with Crippen molar-refractivity contribution in [2.24, 2.45) is 0 Å². The van der Waals surface area contributed by atoms with Gasteiger partial charge in [-0.2, -0.15) is 0 Å². The highest BCUT2D eigenvalue weighted by Gasteiger charge is 2.18. The number of rotatable bonds is 8. The van der Waals surface area contributed by atoms with Gasteiger partial charge in [-0.25, -0.2) is 0 Å². The molecule has 124 valence electrons. The molecule has 0 fully saturated rings. The number of nitrogens with one attached hydrogen (secondary N) is 1. The van der Waals surface area contributed by atoms with Crippen molar-refractivity contribution in [3.63, 3.8) is 0 Å². The minimum absolute atomic E-state index is 0.0870. The smallest absolute Gasteiger partial charge is 0.230 e. The molecule has 1 aliphatic rings. The second-order valence-electron chi connectivity index (χ2n) is 5.93. The van der Waals surface area contributed by atoms with Crippen LogP contribution in [0.15, 0.2) is 42.0 Å². The zero-order valence-electron chi connectivity index (χ0n) is 13.3. The fourth-order valence-corrected chi connectivity index (χ4v) is 2.80. The SMILES string of the molecule is O=C(C[C@H]([NH2+]CCC1=CCCCC1)C(=O)[O-])Nc1ccccc1. The quantitative estimate of drug-likeness (QED) is 0.688. The molecule has 2 rings (SSSR count). The molecule has 5 heteroatoms. The van der Waals surface area contributed by atoms with E-state index in [9.17, 15) is 14.7 Å². The maximum absolute atomic E-state index is 12.0. The van der Waals surface area contributed by atoms with Crippen molar-refractivity contribution >= 4 is 17.6 Å². The molecule has 0 saturated heterocycles. The van der Waals surface area contributed by atoms with Gasteiger partial charge in [0.2, 0.25) is 5.91 Å². The molecule has 0 saturated carbocycles. The molecular formula is C18H24N2O3. The van der Waals surface area contributed by atoms with Crippen LogP contribution in [0.4, 0.5) is 5.69 Å². The highest BCUT2D eigenvalue weighted by Crippen LogP contribution is 2.18. The molecule has 1 atom stereocenters. The number of hydrogen-bond acceptors (Lipinski definition) is 3. The minimum Gasteiger partial charge on any atom is -0.544 e. The van der Waals surface area contributed by atoms with Gasteiger partial charge in [0, 0.05) is 12.1 Å². The third-order valence-electron chi connectivity index (χ3n) is 4.07. The molecule has 0 aromatic heterocycles. The number of benzene rings is 1. The molecule has 23 heavy (non-hydrogen) atoms. The Labute approximate surface area is 136 Å². The van der Waals surface area contributed by atoms with Crippen LogP contribution in [0.3, 0.4) is 0 Å². The van der Waals surface area contributed by atoms with Gasteiger partial charge in [0.25, 0.3) is 0 Å². The Balaban J connectivity index is 1.77. The summed E-state index contributed by atoms with van der Waals surface area (Å²) < 4.78 is 0. The van der Waals surface area contributed by atoms with E-state index in [-0.39, 0.29) is 12.3 Å². The summed E-state index contributed by atoms with van der Waals surface area (Å²) in [4.78, 5) is 23.2. The van der Waals surface area contributed by atoms with Crippen LogP contribution in [-0.4, -0.2) is 24.5 Å². The van der Waals surface area contributed by atoms with Gasteiger partial charge in [0.15, 0.2) is 0 Å². The number of nitrogens with two attached hydrogens (primary N) is 1. The Hall–Kier alpha value is -2.14. The van der Waals surface area contributed by atoms with Gasteiger partial charge in [-0.05, 0) is 37.8 Å². The van der Waals surface area contributed by atoms with Crippen LogP contribution < -0.4 is 15.7 Å². The largest absolute Gasteiger partial charge is 0.544 e. The molecule has 0 aliphatic heterocycles. The molecule has 0 bridgehead atoms. The second-order valence-corrected chi connectivity index (χ2v) is 5.93. The van der Waals surface area contributed by atoms with Gasteiger partial charge in [-0.1, -0.05) is 29.8 Å². The van der Waals surface area contributed by atoms with E-state index in [1.165, 1.54) is 18.4 Å². The van der Waals surface area contributed by atoms with Crippen molar-refractivity contribution < 1.29 is 20.0 Å². The number of aliphatic carboxylic acids is 1. The van der Waals surface area contributed by atoms with E-state index >= 15 is 0 Å². The number of carboxylic acids is 1. The average Bonchev–Trinajstić information content (AvgIpc) is 2.55. The molecule has 1 aromatic carbocycles. The molecule has 5 nitrogen and oxygen atoms in total. The maximum Gasteiger partial charge on any atom is 0.230 e. The summed E-state index contributed by atoms with van der Waals surface area (Å²) in [5, 5.41) is 15.6. The lowest BCUT2D eigenvalue weighted by Gasteiger charge is -2.18. The fraction of sp³-hybridized carbons (Fsp3) is 0.444. The monoisotopic (exact) mass is 316 g/mol. The van der Waals surface area contributed by atoms with E-state index in [4.69, 9.17) is 0 Å². The van der Waals surface area contributed by atoms with Gasteiger partial charge in [-0.15, -0.1) is 0 Å². The molecule has 0 radical (unpaired) electrons. The Morgan fingerprint density at radius 2 is 2.00 bits per heavy atom. The zero-order chi connectivity index (χ0) is 16.5. The van der Waals surface area contributed by atoms with Crippen molar-refractivity contribution in [3.8, 4) is 0 Å². The number of hydrogen-bond donors (Lipinski definition) is 2. The molecule has 0 spiro atoms. The van der Waals surface area contributed by atoms with Crippen molar-refractivity contribution in [1.82, 2.24) is 0 Å². The molecule has 0 heterocycles. The van der Waals surface area contributed by atoms with E-state index in [0.717, 1.165) is 19.3 Å². The van der Waals surface area contributed by atoms with Crippen LogP contribution in [0, 0.1) is 0 Å². The summed E-state index contributed by atoms with van der Waals surface area (Å²) in [7, 11) is 0. The standard InChI is InChI=1S/C18H24N2O3/c21-17(20-15-9-5-2-6-10-15)13-16(18(22)23)19-12-11-14-7-3-1-4-8-14/h2,5-7,9-10,16,19H,1,3-4,8,11-13H2,(H,20,21)(H,22,23)/t16-/m0/s1. The number of amides is 1. The van der Waals surface area contributed by atoms with Crippen LogP contribution in [0.2, 0.25) is 0 Å². The third kappa shape index (κ3) is 6.24. The number of allylic oxidation sites excluding steroid dienone is 1. The minimum atomic E-state index is -1.19. The van der Waals surface area contributed by atoms with Crippen LogP contribution >= 0.6 is 0 Å². The van der Waals surface area contributed by atoms with E-state index in [2.05, 4.69) is 11.4 Å². The van der Waals surface area contributed by atoms with E-state index < -0.39 is 12.0 Å². The molecule has 3 N–H and O–H groups in total. The van der Waals surface area contributed by atoms with Gasteiger partial charge in [-0.3, -0.25) is 4.79 Å². The molecule has 1 aliphatic carbocycles. The highest BCUT2D eigenvalue weighted by atomic mass is 16.4. The Morgan fingerprint density at radius 1 is 1.22 bits per heavy atom. The second kappa shape index (κ2) is 9.10. The average molecular weight is 316 g/mol. The lowest BCUT2D eigenvalue weighted by molar-refractivity contribution is -0.682. The summed E-state index contributed by atoms with van der Waals surface area (Å²) in [6.45, 7) is 0.670. The first-order valence-corrected chi connectivity index (χ1v) is 8.22. The molecule has 0 unspecified atom stereocenters. The Morgan fingerprint density at radius 3 is 2.65 bits per heavy atom. The highest BCUT2D eigenvalue weighted by molar-refractivity contribution is 5.93. The fourth-order valence-electron chi connectivity index (χ4n) is 2.80. The number of anilines is 1. The number of carbonyl (C=O) groups is 2. The third-order valence-corrected chi connectivity index (χ3v) is 4.07. The van der Waals surface area contributed by atoms with Crippen molar-refractivity contribution in [2.75, 3.05) is 11.9 Å². The van der Waals surface area contributed by atoms with Crippen LogP contribution in [-0.2, 0) is 9.59 Å². The topological polar surface area (TPSA) is 85.8 Å². The van der Waals surface area contributed by atoms with Gasteiger partial charge < -0.3 is 20.5 Å². The molecule has 1 amide bonds. The summed E-state index contributed by atoms with van der Waals surface area (Å²) in [5.74, 6) is -1.50. The molecular weight excluding hydrogens is 292 g/mol. The van der Waals surface area contributed by atoms with E-state index in [0.29, 0.717) is 12.2 Å². The summed E-state index contributed by atoms with van der Waals surface area (Å²) in [6, 6.07) is 8.18. The normalized spacial score (nSPS) is 15.6. The number of para-hydroxylation sites is 1. The number of carbonyl (C=O) groups excluding carboxylic acids is 2. The van der Waals surface area contributed by atoms with Gasteiger partial charge >= 0.3 is 0 Å². The lowest BCUT2D eigenvalue weighted by Crippen LogP contribution is -2.93. The first kappa shape index (κ1) is 17.2. The van der Waals surface area contributed by atoms with Crippen molar-refractivity contribution in [1.29, 1.82) is 0 Å². The Bertz CT molecular complexity index is 555. The predicted octanol–water partition coefficient (Wildman–Crippen LogP) is 0.588. The van der Waals surface area contributed by atoms with E-state index in [1.807, 2.05) is 18.2 Å². The van der Waals surface area contributed by atoms with Crippen LogP contribution in [0.25, 0.3) is 0 Å². The lowest BCUT2D eigenvalue weighted by atomic mass is 9.97. The Kier molecular flexibility index (Phi) is 6.81. The summed E-state index contributed by atoms with van der Waals surface area (Å²) in [5.41, 5.74) is 2.07. The van der Waals surface area contributed by atoms with Crippen molar-refractivity contribution in [2.45, 2.75) is 44.6 Å². The first-order valence-electron chi connectivity index (χ1n) is 8.22. The molecule has 1 aromatic rings. The van der Waals surface area contributed by atoms with Crippen LogP contribution in [0.5, 0.6) is 0 Å². The first-order chi connectivity index (χ1) is 11.1. The summed E-state index contributed by atoms with van der Waals surface area (Å²) >= 11 is 0. The zero-order valence-corrected chi connectivity index (χ0v) is 13.3. The number of carboxylic acid groups (broad SMARTS) is 1. The van der Waals surface area contributed by atoms with Gasteiger partial charge in [0.05, 0.1) is 18.9 Å². The van der Waals surface area contributed by atoms with Crippen LogP contribution in [0.1, 0.15) is 38.5 Å². The predicted molar refractivity (Wildman–Crippen MR) is 86.4 cm³/mol. The van der Waals surface area contributed by atoms with Crippen molar-refractivity contribution in [3.05, 3.63) is 42.0 Å². The van der Waals surface area contributed by atoms with E-state index in [1.54, 1.807) is 17.4 Å². The summed E-state index contributed by atoms with van der Waals surface area (Å²) in [6.07, 6.45) is 7.74. The van der Waals surface area contributed by atoms with Gasteiger partial charge in [0.1, 0.15) is 6.04 Å². The number of quaternary nitrogens is 1. The maximum atomic E-state index is 12.0.